The molecule has 1 unspecified atom stereocenters. The molecule has 0 heterocycles. The zero-order valence-electron chi connectivity index (χ0n) is 18.0. The average molecular weight is 458 g/mol. The fraction of sp³-hybridized carbons (Fsp3) is 0.192. The summed E-state index contributed by atoms with van der Waals surface area (Å²) in [5.41, 5.74) is 0.264. The van der Waals surface area contributed by atoms with Gasteiger partial charge in [0, 0.05) is 0 Å². The van der Waals surface area contributed by atoms with Crippen LogP contribution >= 0.6 is 0 Å². The largest absolute Gasteiger partial charge is 0.573 e. The van der Waals surface area contributed by atoms with Crippen LogP contribution in [-0.2, 0) is 10.2 Å². The van der Waals surface area contributed by atoms with Gasteiger partial charge in [0.15, 0.2) is 11.6 Å². The molecule has 3 rings (SSSR count). The quantitative estimate of drug-likeness (QED) is 0.329. The highest BCUT2D eigenvalue weighted by molar-refractivity contribution is 5.88. The smallest absolute Gasteiger partial charge is 0.454 e. The van der Waals surface area contributed by atoms with Crippen molar-refractivity contribution in [3.63, 3.8) is 0 Å². The number of hydrogen-bond donors (Lipinski definition) is 0. The third-order valence-electron chi connectivity index (χ3n) is 5.26. The first-order chi connectivity index (χ1) is 15.6. The van der Waals surface area contributed by atoms with Gasteiger partial charge in [0.05, 0.1) is 5.41 Å². The molecule has 0 aliphatic heterocycles. The van der Waals surface area contributed by atoms with Gasteiger partial charge in [-0.05, 0) is 67.8 Å². The van der Waals surface area contributed by atoms with E-state index in [4.69, 9.17) is 4.74 Å². The van der Waals surface area contributed by atoms with E-state index in [1.54, 1.807) is 55.5 Å². The van der Waals surface area contributed by atoms with E-state index in [9.17, 15) is 22.4 Å². The number of rotatable bonds is 8. The van der Waals surface area contributed by atoms with E-state index in [0.29, 0.717) is 16.9 Å². The molecule has 3 aromatic carbocycles. The molecule has 0 spiro atoms. The van der Waals surface area contributed by atoms with Crippen molar-refractivity contribution < 1.29 is 31.8 Å². The number of ether oxygens (including phenoxy) is 2. The lowest BCUT2D eigenvalue weighted by Gasteiger charge is -2.26. The molecule has 0 bridgehead atoms. The Bertz CT molecular complexity index is 1120. The van der Waals surface area contributed by atoms with Gasteiger partial charge in [0.2, 0.25) is 0 Å². The second kappa shape index (κ2) is 9.90. The number of alkyl halides is 3. The van der Waals surface area contributed by atoms with Crippen LogP contribution in [-0.4, -0.2) is 12.1 Å². The van der Waals surface area contributed by atoms with Crippen LogP contribution in [0.1, 0.15) is 31.4 Å². The number of carbonyl (C=O) groups is 1. The zero-order chi connectivity index (χ0) is 24.1. The van der Waals surface area contributed by atoms with Crippen molar-refractivity contribution >= 4 is 11.9 Å². The van der Waals surface area contributed by atoms with Crippen LogP contribution in [0.5, 0.6) is 17.2 Å². The highest BCUT2D eigenvalue weighted by Gasteiger charge is 2.33. The van der Waals surface area contributed by atoms with Crippen molar-refractivity contribution in [1.82, 2.24) is 0 Å². The van der Waals surface area contributed by atoms with E-state index in [1.165, 1.54) is 37.3 Å². The van der Waals surface area contributed by atoms with E-state index >= 15 is 0 Å². The summed E-state index contributed by atoms with van der Waals surface area (Å²) in [6.45, 7) is 3.14. The van der Waals surface area contributed by atoms with Crippen LogP contribution in [0.3, 0.4) is 0 Å². The molecule has 0 saturated heterocycles. The van der Waals surface area contributed by atoms with Gasteiger partial charge in [-0.1, -0.05) is 48.6 Å². The van der Waals surface area contributed by atoms with Crippen LogP contribution in [0.15, 0.2) is 78.9 Å². The Morgan fingerprint density at radius 1 is 0.939 bits per heavy atom. The van der Waals surface area contributed by atoms with Gasteiger partial charge in [-0.15, -0.1) is 13.2 Å². The molecule has 0 aliphatic carbocycles. The summed E-state index contributed by atoms with van der Waals surface area (Å²) in [6.07, 6.45) is -0.999. The standard InChI is InChI=1S/C26H22F4O3/c1-18(31)25(2,20-11-13-22(14-12-20)33-26(28,29)30)16-6-7-19-10-15-23(27)24(17-19)32-21-8-4-3-5-9-21/h3-15,17H,16H2,1-2H3. The van der Waals surface area contributed by atoms with Crippen LogP contribution in [0.2, 0.25) is 0 Å². The molecule has 3 aromatic rings. The second-order valence-corrected chi connectivity index (χ2v) is 7.67. The Hall–Kier alpha value is -3.61. The Labute approximate surface area is 189 Å². The Morgan fingerprint density at radius 3 is 2.21 bits per heavy atom. The van der Waals surface area contributed by atoms with Crippen LogP contribution in [0.4, 0.5) is 17.6 Å². The Balaban J connectivity index is 1.76. The maximum Gasteiger partial charge on any atom is 0.573 e. The van der Waals surface area contributed by atoms with Gasteiger partial charge in [0.1, 0.15) is 17.3 Å². The lowest BCUT2D eigenvalue weighted by atomic mass is 9.76. The minimum Gasteiger partial charge on any atom is -0.454 e. The van der Waals surface area contributed by atoms with Gasteiger partial charge in [-0.3, -0.25) is 4.79 Å². The highest BCUT2D eigenvalue weighted by atomic mass is 19.4. The number of hydrogen-bond acceptors (Lipinski definition) is 3. The zero-order valence-corrected chi connectivity index (χ0v) is 18.0. The molecule has 172 valence electrons. The number of halogens is 4. The van der Waals surface area contributed by atoms with E-state index in [0.717, 1.165) is 0 Å². The monoisotopic (exact) mass is 458 g/mol. The molecule has 1 atom stereocenters. The van der Waals surface area contributed by atoms with Crippen LogP contribution in [0, 0.1) is 5.82 Å². The Kier molecular flexibility index (Phi) is 7.21. The maximum absolute atomic E-state index is 14.2. The summed E-state index contributed by atoms with van der Waals surface area (Å²) in [5.74, 6) is -0.447. The van der Waals surface area contributed by atoms with Crippen molar-refractivity contribution in [3.8, 4) is 17.2 Å². The summed E-state index contributed by atoms with van der Waals surface area (Å²) in [6, 6.07) is 18.5. The number of ketones is 1. The highest BCUT2D eigenvalue weighted by Crippen LogP contribution is 2.33. The van der Waals surface area contributed by atoms with Gasteiger partial charge in [-0.2, -0.15) is 0 Å². The predicted molar refractivity (Wildman–Crippen MR) is 118 cm³/mol. The molecule has 0 radical (unpaired) electrons. The molecule has 0 N–H and O–H groups in total. The fourth-order valence-electron chi connectivity index (χ4n) is 3.24. The first-order valence-corrected chi connectivity index (χ1v) is 10.1. The summed E-state index contributed by atoms with van der Waals surface area (Å²) < 4.78 is 60.8. The van der Waals surface area contributed by atoms with Crippen molar-refractivity contribution in [2.45, 2.75) is 32.0 Å². The second-order valence-electron chi connectivity index (χ2n) is 7.67. The molecule has 0 fully saturated rings. The third-order valence-corrected chi connectivity index (χ3v) is 5.26. The third kappa shape index (κ3) is 6.44. The SMILES string of the molecule is CC(=O)C(C)(CC=Cc1ccc(F)c(Oc2ccccc2)c1)c1ccc(OC(F)(F)F)cc1. The van der Waals surface area contributed by atoms with E-state index in [-0.39, 0.29) is 23.7 Å². The minimum absolute atomic E-state index is 0.0675. The van der Waals surface area contributed by atoms with Gasteiger partial charge < -0.3 is 9.47 Å². The van der Waals surface area contributed by atoms with Gasteiger partial charge in [-0.25, -0.2) is 4.39 Å². The van der Waals surface area contributed by atoms with E-state index < -0.39 is 17.6 Å². The molecule has 0 amide bonds. The fourth-order valence-corrected chi connectivity index (χ4v) is 3.24. The van der Waals surface area contributed by atoms with Crippen molar-refractivity contribution in [3.05, 3.63) is 95.8 Å². The first-order valence-electron chi connectivity index (χ1n) is 10.1. The van der Waals surface area contributed by atoms with Crippen LogP contribution in [0.25, 0.3) is 6.08 Å². The predicted octanol–water partition coefficient (Wildman–Crippen LogP) is 7.47. The summed E-state index contributed by atoms with van der Waals surface area (Å²) in [5, 5.41) is 0. The molecular formula is C26H22F4O3. The van der Waals surface area contributed by atoms with Crippen molar-refractivity contribution in [2.75, 3.05) is 0 Å². The van der Waals surface area contributed by atoms with Crippen molar-refractivity contribution in [2.24, 2.45) is 0 Å². The first kappa shape index (κ1) is 24.0. The summed E-state index contributed by atoms with van der Waals surface area (Å²) in [7, 11) is 0. The summed E-state index contributed by atoms with van der Waals surface area (Å²) in [4.78, 5) is 12.4. The van der Waals surface area contributed by atoms with Gasteiger partial charge >= 0.3 is 6.36 Å². The lowest BCUT2D eigenvalue weighted by Crippen LogP contribution is -2.30. The van der Waals surface area contributed by atoms with E-state index in [1.807, 2.05) is 6.07 Å². The molecule has 0 saturated carbocycles. The topological polar surface area (TPSA) is 35.5 Å². The van der Waals surface area contributed by atoms with Crippen molar-refractivity contribution in [1.29, 1.82) is 0 Å². The lowest BCUT2D eigenvalue weighted by molar-refractivity contribution is -0.274. The molecule has 33 heavy (non-hydrogen) atoms. The molecular weight excluding hydrogens is 436 g/mol. The van der Waals surface area contributed by atoms with E-state index in [2.05, 4.69) is 4.74 Å². The normalized spacial score (nSPS) is 13.5. The van der Waals surface area contributed by atoms with Crippen LogP contribution < -0.4 is 9.47 Å². The number of Topliss-reactive ketones (excluding diaryl/α,β-unsaturated/α-hetero) is 1. The number of benzene rings is 3. The Morgan fingerprint density at radius 2 is 1.61 bits per heavy atom. The molecule has 0 aliphatic rings. The van der Waals surface area contributed by atoms with Gasteiger partial charge in [0.25, 0.3) is 0 Å². The number of allylic oxidation sites excluding steroid dienone is 1. The average Bonchev–Trinajstić information content (AvgIpc) is 2.76. The number of carbonyl (C=O) groups excluding carboxylic acids is 1. The maximum atomic E-state index is 14.2. The minimum atomic E-state index is -4.79. The number of para-hydroxylation sites is 1. The molecule has 3 nitrogen and oxygen atoms in total. The molecule has 7 heteroatoms. The summed E-state index contributed by atoms with van der Waals surface area (Å²) >= 11 is 0. The molecule has 0 aromatic heterocycles.